The van der Waals surface area contributed by atoms with Crippen molar-refractivity contribution in [2.45, 2.75) is 6.92 Å². The maximum absolute atomic E-state index is 9.00. The Hall–Kier alpha value is 0.430. The molecular formula is C2H6NNaO2. The molecule has 3 N–H and O–H groups in total. The maximum atomic E-state index is 9.00. The van der Waals surface area contributed by atoms with Gasteiger partial charge in [-0.1, -0.05) is 0 Å². The summed E-state index contributed by atoms with van der Waals surface area (Å²) in [4.78, 5) is 9.00. The molecule has 0 aromatic heterocycles. The molecular weight excluding hydrogens is 93.0 g/mol. The van der Waals surface area contributed by atoms with E-state index in [1.165, 1.54) is 0 Å². The van der Waals surface area contributed by atoms with E-state index in [9.17, 15) is 0 Å². The fourth-order valence-electron chi connectivity index (χ4n) is 0. The number of rotatable bonds is 0. The fraction of sp³-hybridized carbons (Fsp3) is 0.500. The van der Waals surface area contributed by atoms with Crippen molar-refractivity contribution in [1.82, 2.24) is 0 Å². The molecule has 0 aromatic rings. The molecule has 0 saturated carbocycles. The van der Waals surface area contributed by atoms with E-state index in [0.29, 0.717) is 0 Å². The van der Waals surface area contributed by atoms with E-state index in [1.807, 2.05) is 0 Å². The number of carboxylic acids is 1. The molecule has 0 aliphatic rings. The van der Waals surface area contributed by atoms with E-state index in [0.717, 1.165) is 6.92 Å². The van der Waals surface area contributed by atoms with Crippen LogP contribution in [0.4, 0.5) is 0 Å². The number of carboxylic acid groups (broad SMARTS) is 1. The number of nitrogens with two attached hydrogens (primary N) is 1. The molecule has 0 heterocycles. The van der Waals surface area contributed by atoms with Gasteiger partial charge in [-0.25, -0.2) is 0 Å². The first-order chi connectivity index (χ1) is 1.73. The zero-order valence-corrected chi connectivity index (χ0v) is 5.93. The minimum Gasteiger partial charge on any atom is -0.693 e. The van der Waals surface area contributed by atoms with Crippen LogP contribution in [0.1, 0.15) is 6.92 Å². The minimum atomic E-state index is -0.833. The SMILES string of the molecule is CC(=O)O.[NH2-].[Na+]. The van der Waals surface area contributed by atoms with E-state index in [-0.39, 0.29) is 35.7 Å². The Bertz CT molecular complexity index is 34.5. The Kier molecular flexibility index (Phi) is 24.3. The second-order valence-electron chi connectivity index (χ2n) is 0.519. The first-order valence-corrected chi connectivity index (χ1v) is 0.928. The number of aliphatic carboxylic acids is 1. The van der Waals surface area contributed by atoms with E-state index < -0.39 is 5.97 Å². The van der Waals surface area contributed by atoms with E-state index in [1.54, 1.807) is 0 Å². The average molecular weight is 99.1 g/mol. The summed E-state index contributed by atoms with van der Waals surface area (Å²) in [6.45, 7) is 1.08. The molecule has 32 valence electrons. The summed E-state index contributed by atoms with van der Waals surface area (Å²) in [5.74, 6) is -0.833. The van der Waals surface area contributed by atoms with Gasteiger partial charge in [0.25, 0.3) is 5.97 Å². The van der Waals surface area contributed by atoms with Crippen LogP contribution in [0.25, 0.3) is 6.15 Å². The van der Waals surface area contributed by atoms with Gasteiger partial charge in [-0.05, 0) is 0 Å². The van der Waals surface area contributed by atoms with Gasteiger partial charge in [0, 0.05) is 6.92 Å². The van der Waals surface area contributed by atoms with Gasteiger partial charge in [0.05, 0.1) is 0 Å². The molecule has 0 radical (unpaired) electrons. The third kappa shape index (κ3) is 282. The smallest absolute Gasteiger partial charge is 0.693 e. The van der Waals surface area contributed by atoms with Crippen molar-refractivity contribution in [2.75, 3.05) is 0 Å². The monoisotopic (exact) mass is 99.0 g/mol. The van der Waals surface area contributed by atoms with Crippen LogP contribution >= 0.6 is 0 Å². The predicted octanol–water partition coefficient (Wildman–Crippen LogP) is -2.19. The zero-order valence-electron chi connectivity index (χ0n) is 3.93. The second-order valence-corrected chi connectivity index (χ2v) is 0.519. The van der Waals surface area contributed by atoms with Crippen LogP contribution < -0.4 is 29.6 Å². The van der Waals surface area contributed by atoms with Crippen molar-refractivity contribution in [1.29, 1.82) is 0 Å². The first-order valence-electron chi connectivity index (χ1n) is 0.928. The molecule has 0 spiro atoms. The van der Waals surface area contributed by atoms with Crippen molar-refractivity contribution in [3.05, 3.63) is 6.15 Å². The molecule has 0 rings (SSSR count). The Morgan fingerprint density at radius 3 is 1.67 bits per heavy atom. The Balaban J connectivity index is -0.0000000450. The van der Waals surface area contributed by atoms with Crippen molar-refractivity contribution in [2.24, 2.45) is 0 Å². The zero-order chi connectivity index (χ0) is 3.58. The van der Waals surface area contributed by atoms with Gasteiger partial charge in [0.1, 0.15) is 0 Å². The van der Waals surface area contributed by atoms with Crippen LogP contribution in [0.3, 0.4) is 0 Å². The summed E-state index contributed by atoms with van der Waals surface area (Å²) in [5, 5.41) is 7.42. The molecule has 0 fully saturated rings. The normalized spacial score (nSPS) is 4.17. The topological polar surface area (TPSA) is 70.8 Å². The van der Waals surface area contributed by atoms with Crippen LogP contribution in [0.2, 0.25) is 0 Å². The Morgan fingerprint density at radius 1 is 1.67 bits per heavy atom. The van der Waals surface area contributed by atoms with E-state index >= 15 is 0 Å². The average Bonchev–Trinajstić information content (AvgIpc) is 0.811. The molecule has 3 nitrogen and oxygen atoms in total. The standard InChI is InChI=1S/C2H4O2.H2N.Na/c1-2(3)4;;/h1H3,(H,3,4);1H2;/q;-1;+1. The summed E-state index contributed by atoms with van der Waals surface area (Å²) in [5.41, 5.74) is 0. The quantitative estimate of drug-likeness (QED) is 0.350. The van der Waals surface area contributed by atoms with Crippen molar-refractivity contribution < 1.29 is 39.5 Å². The molecule has 0 aliphatic carbocycles. The Labute approximate surface area is 58.6 Å². The van der Waals surface area contributed by atoms with Gasteiger partial charge in [0.15, 0.2) is 0 Å². The molecule has 0 aromatic carbocycles. The number of carbonyl (C=O) groups is 1. The van der Waals surface area contributed by atoms with Gasteiger partial charge in [-0.3, -0.25) is 4.79 Å². The van der Waals surface area contributed by atoms with Gasteiger partial charge in [0.2, 0.25) is 0 Å². The summed E-state index contributed by atoms with van der Waals surface area (Å²) in [6.07, 6.45) is 0. The van der Waals surface area contributed by atoms with Crippen molar-refractivity contribution in [3.63, 3.8) is 0 Å². The first kappa shape index (κ1) is 16.1. The van der Waals surface area contributed by atoms with Crippen molar-refractivity contribution in [3.8, 4) is 0 Å². The molecule has 4 heteroatoms. The summed E-state index contributed by atoms with van der Waals surface area (Å²) in [7, 11) is 0. The van der Waals surface area contributed by atoms with Crippen LogP contribution in [-0.2, 0) is 4.79 Å². The number of hydrogen-bond acceptors (Lipinski definition) is 1. The molecule has 6 heavy (non-hydrogen) atoms. The maximum Gasteiger partial charge on any atom is 1.00 e. The van der Waals surface area contributed by atoms with Crippen LogP contribution in [0.5, 0.6) is 0 Å². The van der Waals surface area contributed by atoms with Crippen LogP contribution in [0.15, 0.2) is 0 Å². The van der Waals surface area contributed by atoms with Crippen LogP contribution in [0, 0.1) is 0 Å². The summed E-state index contributed by atoms with van der Waals surface area (Å²) in [6, 6.07) is 0. The van der Waals surface area contributed by atoms with Gasteiger partial charge < -0.3 is 11.3 Å². The molecule has 0 unspecified atom stereocenters. The molecule has 0 saturated heterocycles. The largest absolute Gasteiger partial charge is 1.00 e. The third-order valence-electron chi connectivity index (χ3n) is 0. The van der Waals surface area contributed by atoms with Gasteiger partial charge >= 0.3 is 29.6 Å². The number of hydrogen-bond donors (Lipinski definition) is 1. The molecule has 0 aliphatic heterocycles. The third-order valence-corrected chi connectivity index (χ3v) is 0. The summed E-state index contributed by atoms with van der Waals surface area (Å²) < 4.78 is 0. The van der Waals surface area contributed by atoms with Crippen molar-refractivity contribution >= 4 is 5.97 Å². The predicted molar refractivity (Wildman–Crippen MR) is 18.6 cm³/mol. The van der Waals surface area contributed by atoms with Gasteiger partial charge in [-0.15, -0.1) is 0 Å². The molecule has 0 bridgehead atoms. The van der Waals surface area contributed by atoms with E-state index in [2.05, 4.69) is 0 Å². The summed E-state index contributed by atoms with van der Waals surface area (Å²) >= 11 is 0. The van der Waals surface area contributed by atoms with E-state index in [4.69, 9.17) is 9.90 Å². The fourth-order valence-corrected chi connectivity index (χ4v) is 0. The second kappa shape index (κ2) is 9.06. The van der Waals surface area contributed by atoms with Crippen LogP contribution in [-0.4, -0.2) is 11.1 Å². The minimum absolute atomic E-state index is 0. The van der Waals surface area contributed by atoms with Gasteiger partial charge in [-0.2, -0.15) is 0 Å². The molecule has 0 amide bonds. The Morgan fingerprint density at radius 2 is 1.67 bits per heavy atom. The molecule has 0 atom stereocenters.